The van der Waals surface area contributed by atoms with E-state index in [-0.39, 0.29) is 28.8 Å². The van der Waals surface area contributed by atoms with Gasteiger partial charge in [-0.3, -0.25) is 9.59 Å². The van der Waals surface area contributed by atoms with Gasteiger partial charge in [0.15, 0.2) is 5.76 Å². The lowest BCUT2D eigenvalue weighted by Crippen LogP contribution is -2.46. The maximum absolute atomic E-state index is 12.6. The van der Waals surface area contributed by atoms with Crippen LogP contribution in [-0.4, -0.2) is 50.3 Å². The lowest BCUT2D eigenvalue weighted by Gasteiger charge is -2.32. The molecule has 1 aliphatic heterocycles. The first-order chi connectivity index (χ1) is 15.3. The summed E-state index contributed by atoms with van der Waals surface area (Å²) in [5.74, 6) is 0.199. The number of amides is 2. The molecule has 9 heteroatoms. The second-order valence-corrected chi connectivity index (χ2v) is 10.3. The van der Waals surface area contributed by atoms with Gasteiger partial charge in [-0.15, -0.1) is 0 Å². The summed E-state index contributed by atoms with van der Waals surface area (Å²) in [6, 6.07) is 8.59. The Kier molecular flexibility index (Phi) is 6.66. The normalized spacial score (nSPS) is 17.3. The summed E-state index contributed by atoms with van der Waals surface area (Å²) < 4.78 is 32.4. The molecule has 0 spiro atoms. The zero-order valence-corrected chi connectivity index (χ0v) is 19.0. The molecule has 1 saturated heterocycles. The first-order valence-electron chi connectivity index (χ1n) is 11.1. The Labute approximate surface area is 188 Å². The van der Waals surface area contributed by atoms with Crippen molar-refractivity contribution in [2.45, 2.75) is 62.4 Å². The molecule has 2 fully saturated rings. The molecule has 1 aromatic carbocycles. The maximum atomic E-state index is 12.6. The Balaban J connectivity index is 1.21. The fourth-order valence-corrected chi connectivity index (χ4v) is 5.17. The third-order valence-electron chi connectivity index (χ3n) is 6.01. The van der Waals surface area contributed by atoms with Crippen molar-refractivity contribution in [3.63, 3.8) is 0 Å². The van der Waals surface area contributed by atoms with Crippen molar-refractivity contribution >= 4 is 21.8 Å². The summed E-state index contributed by atoms with van der Waals surface area (Å²) in [6.07, 6.45) is 5.64. The minimum absolute atomic E-state index is 0.0230. The van der Waals surface area contributed by atoms with Gasteiger partial charge < -0.3 is 14.6 Å². The highest BCUT2D eigenvalue weighted by atomic mass is 32.2. The van der Waals surface area contributed by atoms with E-state index < -0.39 is 10.0 Å². The Hall–Kier alpha value is -2.65. The lowest BCUT2D eigenvalue weighted by atomic mass is 10.0. The van der Waals surface area contributed by atoms with Crippen LogP contribution >= 0.6 is 0 Å². The van der Waals surface area contributed by atoms with Gasteiger partial charge in [-0.25, -0.2) is 13.1 Å². The number of nitrogens with one attached hydrogen (secondary N) is 2. The van der Waals surface area contributed by atoms with Crippen molar-refractivity contribution in [3.8, 4) is 0 Å². The molecule has 0 bridgehead atoms. The summed E-state index contributed by atoms with van der Waals surface area (Å²) in [5, 5.41) is 2.99. The van der Waals surface area contributed by atoms with Crippen LogP contribution in [-0.2, 0) is 21.2 Å². The largest absolute Gasteiger partial charge is 0.459 e. The number of hydrogen-bond donors (Lipinski definition) is 2. The van der Waals surface area contributed by atoms with Gasteiger partial charge in [-0.05, 0) is 62.8 Å². The molecule has 2 aromatic rings. The minimum atomic E-state index is -3.45. The highest BCUT2D eigenvalue weighted by molar-refractivity contribution is 7.89. The molecule has 172 valence electrons. The number of piperidine rings is 1. The smallest absolute Gasteiger partial charge is 0.287 e. The van der Waals surface area contributed by atoms with Crippen molar-refractivity contribution in [1.82, 2.24) is 14.9 Å². The van der Waals surface area contributed by atoms with Crippen LogP contribution in [0.2, 0.25) is 0 Å². The van der Waals surface area contributed by atoms with Crippen LogP contribution in [0, 0.1) is 6.92 Å². The summed E-state index contributed by atoms with van der Waals surface area (Å²) in [5.41, 5.74) is 1.74. The van der Waals surface area contributed by atoms with E-state index in [1.54, 1.807) is 30.3 Å². The van der Waals surface area contributed by atoms with E-state index in [1.165, 1.54) is 6.26 Å². The third-order valence-corrected chi connectivity index (χ3v) is 7.55. The quantitative estimate of drug-likeness (QED) is 0.630. The van der Waals surface area contributed by atoms with E-state index >= 15 is 0 Å². The van der Waals surface area contributed by atoms with Gasteiger partial charge in [-0.1, -0.05) is 12.1 Å². The second kappa shape index (κ2) is 9.46. The Morgan fingerprint density at radius 2 is 1.72 bits per heavy atom. The molecule has 2 amide bonds. The van der Waals surface area contributed by atoms with Crippen LogP contribution in [0.1, 0.15) is 53.8 Å². The molecule has 1 aliphatic carbocycles. The molecule has 0 atom stereocenters. The molecule has 2 aliphatic rings. The minimum Gasteiger partial charge on any atom is -0.459 e. The Morgan fingerprint density at radius 1 is 1.03 bits per heavy atom. The zero-order chi connectivity index (χ0) is 22.7. The highest BCUT2D eigenvalue weighted by Crippen LogP contribution is 2.22. The number of furan rings is 1. The fourth-order valence-electron chi connectivity index (χ4n) is 3.86. The molecule has 8 nitrogen and oxygen atoms in total. The molecule has 4 rings (SSSR count). The predicted molar refractivity (Wildman–Crippen MR) is 119 cm³/mol. The summed E-state index contributed by atoms with van der Waals surface area (Å²) in [7, 11) is -3.45. The molecule has 32 heavy (non-hydrogen) atoms. The van der Waals surface area contributed by atoms with Crippen molar-refractivity contribution in [2.24, 2.45) is 0 Å². The van der Waals surface area contributed by atoms with Gasteiger partial charge in [0.25, 0.3) is 5.91 Å². The maximum Gasteiger partial charge on any atom is 0.287 e. The van der Waals surface area contributed by atoms with Gasteiger partial charge in [0, 0.05) is 37.2 Å². The van der Waals surface area contributed by atoms with Gasteiger partial charge in [0.2, 0.25) is 15.9 Å². The van der Waals surface area contributed by atoms with Crippen LogP contribution in [0.3, 0.4) is 0 Å². The number of hydrogen-bond acceptors (Lipinski definition) is 5. The molecular weight excluding hydrogens is 430 g/mol. The molecule has 1 saturated carbocycles. The average molecular weight is 460 g/mol. The van der Waals surface area contributed by atoms with E-state index in [0.29, 0.717) is 44.5 Å². The summed E-state index contributed by atoms with van der Waals surface area (Å²) >= 11 is 0. The van der Waals surface area contributed by atoms with Crippen molar-refractivity contribution < 1.29 is 22.4 Å². The van der Waals surface area contributed by atoms with Crippen LogP contribution < -0.4 is 10.0 Å². The van der Waals surface area contributed by atoms with E-state index in [4.69, 9.17) is 4.42 Å². The highest BCUT2D eigenvalue weighted by Gasteiger charge is 2.28. The van der Waals surface area contributed by atoms with Gasteiger partial charge >= 0.3 is 0 Å². The van der Waals surface area contributed by atoms with Crippen molar-refractivity contribution in [2.75, 3.05) is 13.1 Å². The molecule has 0 radical (unpaired) electrons. The molecule has 1 aromatic heterocycles. The number of benzene rings is 1. The van der Waals surface area contributed by atoms with E-state index in [2.05, 4.69) is 10.0 Å². The number of carbonyl (C=O) groups is 2. The number of sulfonamides is 1. The van der Waals surface area contributed by atoms with Crippen LogP contribution in [0.5, 0.6) is 0 Å². The third kappa shape index (κ3) is 5.58. The van der Waals surface area contributed by atoms with Crippen molar-refractivity contribution in [1.29, 1.82) is 0 Å². The monoisotopic (exact) mass is 459 g/mol. The first kappa shape index (κ1) is 22.5. The topological polar surface area (TPSA) is 109 Å². The SMILES string of the molecule is Cc1ccoc1C(=O)NC1CCN(C(=O)CCc2ccc(S(=O)(=O)NC3CC3)cc2)CC1. The average Bonchev–Trinajstić information content (AvgIpc) is 3.48. The van der Waals surface area contributed by atoms with Crippen LogP contribution in [0.15, 0.2) is 45.9 Å². The lowest BCUT2D eigenvalue weighted by molar-refractivity contribution is -0.132. The number of rotatable bonds is 8. The van der Waals surface area contributed by atoms with E-state index in [0.717, 1.165) is 24.0 Å². The molecule has 2 N–H and O–H groups in total. The Morgan fingerprint density at radius 3 is 2.31 bits per heavy atom. The number of nitrogens with zero attached hydrogens (tertiary/aromatic N) is 1. The fraction of sp³-hybridized carbons (Fsp3) is 0.478. The summed E-state index contributed by atoms with van der Waals surface area (Å²) in [4.78, 5) is 27.0. The van der Waals surface area contributed by atoms with Crippen molar-refractivity contribution in [3.05, 3.63) is 53.5 Å². The first-order valence-corrected chi connectivity index (χ1v) is 12.5. The predicted octanol–water partition coefficient (Wildman–Crippen LogP) is 2.38. The van der Waals surface area contributed by atoms with E-state index in [9.17, 15) is 18.0 Å². The number of likely N-dealkylation sites (tertiary alicyclic amines) is 1. The van der Waals surface area contributed by atoms with Gasteiger partial charge in [-0.2, -0.15) is 0 Å². The second-order valence-electron chi connectivity index (χ2n) is 8.60. The number of carbonyl (C=O) groups excluding carboxylic acids is 2. The Bertz CT molecular complexity index is 1070. The molecule has 2 heterocycles. The standard InChI is InChI=1S/C23H29N3O5S/c1-16-12-15-31-22(16)23(28)24-18-10-13-26(14-11-18)21(27)9-4-17-2-7-20(8-3-17)32(29,30)25-19-5-6-19/h2-3,7-8,12,15,18-19,25H,4-6,9-11,13-14H2,1H3,(H,24,28). The number of aryl methyl sites for hydroxylation is 2. The van der Waals surface area contributed by atoms with E-state index in [1.807, 2.05) is 11.8 Å². The summed E-state index contributed by atoms with van der Waals surface area (Å²) in [6.45, 7) is 3.03. The van der Waals surface area contributed by atoms with Gasteiger partial charge in [0.1, 0.15) is 0 Å². The van der Waals surface area contributed by atoms with Crippen LogP contribution in [0.4, 0.5) is 0 Å². The van der Waals surface area contributed by atoms with Crippen LogP contribution in [0.25, 0.3) is 0 Å². The molecular formula is C23H29N3O5S. The van der Waals surface area contributed by atoms with Gasteiger partial charge in [0.05, 0.1) is 11.2 Å². The zero-order valence-electron chi connectivity index (χ0n) is 18.2. The molecule has 0 unspecified atom stereocenters.